The molecule has 3 aromatic rings. The molecule has 1 fully saturated rings. The van der Waals surface area contributed by atoms with Crippen LogP contribution in [0.15, 0.2) is 36.5 Å². The Labute approximate surface area is 183 Å². The van der Waals surface area contributed by atoms with Crippen LogP contribution in [0.4, 0.5) is 43.9 Å². The molecule has 0 atom stereocenters. The van der Waals surface area contributed by atoms with Gasteiger partial charge in [-0.3, -0.25) is 4.98 Å². The molecule has 0 radical (unpaired) electrons. The SMILES string of the molecule is FC(F)(F)c1cc(Nc2nc(NC3CCCC3)nc(-c3cccc(C(F)(F)F)n3)n2)ccn1. The van der Waals surface area contributed by atoms with Crippen molar-refractivity contribution in [2.45, 2.75) is 44.1 Å². The van der Waals surface area contributed by atoms with Crippen molar-refractivity contribution in [2.24, 2.45) is 0 Å². The maximum atomic E-state index is 13.1. The van der Waals surface area contributed by atoms with E-state index in [2.05, 4.69) is 35.6 Å². The van der Waals surface area contributed by atoms with Crippen molar-refractivity contribution in [3.05, 3.63) is 47.9 Å². The van der Waals surface area contributed by atoms with E-state index in [0.717, 1.165) is 44.0 Å². The Bertz CT molecular complexity index is 1130. The van der Waals surface area contributed by atoms with Gasteiger partial charge in [0.25, 0.3) is 0 Å². The third-order valence-corrected chi connectivity index (χ3v) is 4.90. The van der Waals surface area contributed by atoms with Crippen LogP contribution < -0.4 is 10.6 Å². The Balaban J connectivity index is 1.71. The topological polar surface area (TPSA) is 88.5 Å². The molecule has 174 valence electrons. The maximum absolute atomic E-state index is 13.1. The Morgan fingerprint density at radius 2 is 1.48 bits per heavy atom. The number of pyridine rings is 2. The van der Waals surface area contributed by atoms with E-state index in [9.17, 15) is 26.3 Å². The van der Waals surface area contributed by atoms with Gasteiger partial charge in [0.05, 0.1) is 0 Å². The summed E-state index contributed by atoms with van der Waals surface area (Å²) in [6.45, 7) is 0. The Morgan fingerprint density at radius 1 is 0.788 bits per heavy atom. The zero-order valence-corrected chi connectivity index (χ0v) is 16.9. The van der Waals surface area contributed by atoms with E-state index < -0.39 is 23.7 Å². The standard InChI is InChI=1S/C20H17F6N7/c21-19(22,23)14-7-3-6-13(30-14)16-31-17(28-11-4-1-2-5-11)33-18(32-16)29-12-8-9-27-15(10-12)20(24,25)26/h3,6-11H,1-2,4-5H2,(H2,27,28,29,31,32,33). The van der Waals surface area contributed by atoms with E-state index in [1.54, 1.807) is 0 Å². The number of nitrogens with one attached hydrogen (secondary N) is 2. The van der Waals surface area contributed by atoms with Crippen molar-refractivity contribution >= 4 is 17.6 Å². The molecule has 0 amide bonds. The van der Waals surface area contributed by atoms with Crippen LogP contribution >= 0.6 is 0 Å². The first kappa shape index (κ1) is 22.7. The summed E-state index contributed by atoms with van der Waals surface area (Å²) in [5, 5.41) is 5.76. The molecule has 0 spiro atoms. The minimum atomic E-state index is -4.67. The fourth-order valence-corrected chi connectivity index (χ4v) is 3.37. The van der Waals surface area contributed by atoms with Gasteiger partial charge in [-0.1, -0.05) is 18.9 Å². The summed E-state index contributed by atoms with van der Waals surface area (Å²) in [5.41, 5.74) is -2.40. The average Bonchev–Trinajstić information content (AvgIpc) is 3.26. The Kier molecular flexibility index (Phi) is 6.04. The van der Waals surface area contributed by atoms with Crippen LogP contribution in [-0.4, -0.2) is 31.0 Å². The van der Waals surface area contributed by atoms with Gasteiger partial charge >= 0.3 is 12.4 Å². The lowest BCUT2D eigenvalue weighted by Gasteiger charge is -2.15. The number of aromatic nitrogens is 5. The molecule has 7 nitrogen and oxygen atoms in total. The van der Waals surface area contributed by atoms with Crippen LogP contribution in [0.2, 0.25) is 0 Å². The maximum Gasteiger partial charge on any atom is 0.433 e. The van der Waals surface area contributed by atoms with E-state index in [1.807, 2.05) is 0 Å². The highest BCUT2D eigenvalue weighted by atomic mass is 19.4. The van der Waals surface area contributed by atoms with Crippen molar-refractivity contribution in [3.63, 3.8) is 0 Å². The second-order valence-corrected chi connectivity index (χ2v) is 7.39. The van der Waals surface area contributed by atoms with Crippen molar-refractivity contribution in [2.75, 3.05) is 10.6 Å². The first-order valence-electron chi connectivity index (χ1n) is 9.95. The van der Waals surface area contributed by atoms with Gasteiger partial charge in [0.1, 0.15) is 17.1 Å². The predicted molar refractivity (Wildman–Crippen MR) is 106 cm³/mol. The third kappa shape index (κ3) is 5.65. The van der Waals surface area contributed by atoms with E-state index in [0.29, 0.717) is 0 Å². The first-order chi connectivity index (χ1) is 15.6. The number of alkyl halides is 6. The van der Waals surface area contributed by atoms with Crippen LogP contribution in [0.5, 0.6) is 0 Å². The van der Waals surface area contributed by atoms with Crippen LogP contribution in [0, 0.1) is 0 Å². The molecule has 2 N–H and O–H groups in total. The summed E-state index contributed by atoms with van der Waals surface area (Å²) < 4.78 is 78.2. The molecular formula is C20H17F6N7. The molecular weight excluding hydrogens is 452 g/mol. The number of halogens is 6. The van der Waals surface area contributed by atoms with Crippen molar-refractivity contribution < 1.29 is 26.3 Å². The van der Waals surface area contributed by atoms with Crippen LogP contribution in [0.1, 0.15) is 37.1 Å². The van der Waals surface area contributed by atoms with Gasteiger partial charge < -0.3 is 10.6 Å². The minimum Gasteiger partial charge on any atom is -0.351 e. The molecule has 0 unspecified atom stereocenters. The number of nitrogens with zero attached hydrogens (tertiary/aromatic N) is 5. The molecule has 3 heterocycles. The number of anilines is 3. The van der Waals surface area contributed by atoms with Gasteiger partial charge in [0, 0.05) is 17.9 Å². The fourth-order valence-electron chi connectivity index (χ4n) is 3.37. The lowest BCUT2D eigenvalue weighted by molar-refractivity contribution is -0.141. The van der Waals surface area contributed by atoms with E-state index in [4.69, 9.17) is 0 Å². The largest absolute Gasteiger partial charge is 0.433 e. The summed E-state index contributed by atoms with van der Waals surface area (Å²) in [7, 11) is 0. The highest BCUT2D eigenvalue weighted by Gasteiger charge is 2.33. The number of hydrogen-bond acceptors (Lipinski definition) is 7. The molecule has 33 heavy (non-hydrogen) atoms. The van der Waals surface area contributed by atoms with Gasteiger partial charge in [-0.15, -0.1) is 0 Å². The summed E-state index contributed by atoms with van der Waals surface area (Å²) in [6.07, 6.45) is -4.60. The monoisotopic (exact) mass is 469 g/mol. The Morgan fingerprint density at radius 3 is 2.18 bits per heavy atom. The highest BCUT2D eigenvalue weighted by molar-refractivity contribution is 5.59. The summed E-state index contributed by atoms with van der Waals surface area (Å²) >= 11 is 0. The van der Waals surface area contributed by atoms with Crippen molar-refractivity contribution in [1.29, 1.82) is 0 Å². The molecule has 1 aliphatic carbocycles. The highest BCUT2D eigenvalue weighted by Crippen LogP contribution is 2.31. The van der Waals surface area contributed by atoms with Crippen LogP contribution in [-0.2, 0) is 12.4 Å². The third-order valence-electron chi connectivity index (χ3n) is 4.90. The van der Waals surface area contributed by atoms with Crippen molar-refractivity contribution in [3.8, 4) is 11.5 Å². The molecule has 0 aliphatic heterocycles. The van der Waals surface area contributed by atoms with E-state index in [-0.39, 0.29) is 35.1 Å². The second kappa shape index (κ2) is 8.79. The normalized spacial score (nSPS) is 15.0. The van der Waals surface area contributed by atoms with E-state index >= 15 is 0 Å². The molecule has 0 saturated heterocycles. The molecule has 3 aromatic heterocycles. The lowest BCUT2D eigenvalue weighted by Crippen LogP contribution is -2.18. The lowest BCUT2D eigenvalue weighted by atomic mass is 10.2. The van der Waals surface area contributed by atoms with Crippen LogP contribution in [0.25, 0.3) is 11.5 Å². The summed E-state index contributed by atoms with van der Waals surface area (Å²) in [4.78, 5) is 19.3. The predicted octanol–water partition coefficient (Wildman–Crippen LogP) is 5.46. The van der Waals surface area contributed by atoms with Gasteiger partial charge in [-0.25, -0.2) is 4.98 Å². The van der Waals surface area contributed by atoms with E-state index in [1.165, 1.54) is 18.2 Å². The van der Waals surface area contributed by atoms with Gasteiger partial charge in [0.15, 0.2) is 5.82 Å². The molecule has 1 saturated carbocycles. The second-order valence-electron chi connectivity index (χ2n) is 7.39. The molecule has 0 bridgehead atoms. The first-order valence-corrected chi connectivity index (χ1v) is 9.95. The molecule has 1 aliphatic rings. The molecule has 0 aromatic carbocycles. The fraction of sp³-hybridized carbons (Fsp3) is 0.350. The number of hydrogen-bond donors (Lipinski definition) is 2. The van der Waals surface area contributed by atoms with Crippen molar-refractivity contribution in [1.82, 2.24) is 24.9 Å². The zero-order valence-electron chi connectivity index (χ0n) is 16.9. The van der Waals surface area contributed by atoms with Gasteiger partial charge in [0.2, 0.25) is 11.9 Å². The van der Waals surface area contributed by atoms with Crippen LogP contribution in [0.3, 0.4) is 0 Å². The zero-order chi connectivity index (χ0) is 23.6. The summed E-state index contributed by atoms with van der Waals surface area (Å²) in [6, 6.07) is 5.42. The Hall–Kier alpha value is -3.51. The smallest absolute Gasteiger partial charge is 0.351 e. The van der Waals surface area contributed by atoms with Gasteiger partial charge in [-0.05, 0) is 37.1 Å². The quantitative estimate of drug-likeness (QED) is 0.480. The molecule has 4 rings (SSSR count). The number of rotatable bonds is 5. The molecule has 13 heteroatoms. The average molecular weight is 469 g/mol. The van der Waals surface area contributed by atoms with Gasteiger partial charge in [-0.2, -0.15) is 41.3 Å². The summed E-state index contributed by atoms with van der Waals surface area (Å²) in [5.74, 6) is -0.234. The minimum absolute atomic E-state index is 0.00158.